The molecule has 0 spiro atoms. The van der Waals surface area contributed by atoms with Crippen LogP contribution in [0.5, 0.6) is 11.5 Å². The Kier molecular flexibility index (Phi) is 13.9. The van der Waals surface area contributed by atoms with Crippen LogP contribution in [-0.4, -0.2) is 55.3 Å². The van der Waals surface area contributed by atoms with Crippen LogP contribution in [0.4, 0.5) is 4.39 Å². The monoisotopic (exact) mass is 503 g/mol. The molecule has 1 unspecified atom stereocenters. The summed E-state index contributed by atoms with van der Waals surface area (Å²) in [5.41, 5.74) is 6.44. The molecule has 35 heavy (non-hydrogen) atoms. The van der Waals surface area contributed by atoms with Crippen molar-refractivity contribution in [2.24, 2.45) is 5.73 Å². The first-order valence-electron chi connectivity index (χ1n) is 10.8. The van der Waals surface area contributed by atoms with E-state index in [1.165, 1.54) is 32.4 Å². The lowest BCUT2D eigenvalue weighted by Crippen LogP contribution is -2.24. The number of phenols is 1. The van der Waals surface area contributed by atoms with E-state index < -0.39 is 0 Å². The molecule has 0 fully saturated rings. The van der Waals surface area contributed by atoms with Gasteiger partial charge < -0.3 is 20.4 Å². The van der Waals surface area contributed by atoms with Crippen LogP contribution in [0.1, 0.15) is 33.9 Å². The molecule has 2 aromatic carbocycles. The number of halogens is 2. The van der Waals surface area contributed by atoms with Crippen molar-refractivity contribution in [3.63, 3.8) is 0 Å². The summed E-state index contributed by atoms with van der Waals surface area (Å²) >= 11 is 5.85. The Balaban J connectivity index is 0.000000278. The second-order valence-corrected chi connectivity index (χ2v) is 7.62. The molecule has 9 heteroatoms. The first-order valence-corrected chi connectivity index (χ1v) is 11.2. The summed E-state index contributed by atoms with van der Waals surface area (Å²) in [6.45, 7) is 0.359. The number of methoxy groups -OCH3 is 1. The van der Waals surface area contributed by atoms with Crippen molar-refractivity contribution < 1.29 is 23.8 Å². The van der Waals surface area contributed by atoms with Crippen molar-refractivity contribution in [3.05, 3.63) is 88.5 Å². The quantitative estimate of drug-likeness (QED) is 0.495. The highest BCUT2D eigenvalue weighted by atomic mass is 35.5. The fourth-order valence-corrected chi connectivity index (χ4v) is 3.60. The number of phenolic OH excluding ortho intramolecular Hbond substituents is 1. The molecule has 1 aliphatic carbocycles. The summed E-state index contributed by atoms with van der Waals surface area (Å²) in [5, 5.41) is 9.53. The summed E-state index contributed by atoms with van der Waals surface area (Å²) < 4.78 is 18.4. The van der Waals surface area contributed by atoms with Gasteiger partial charge in [-0.05, 0) is 74.5 Å². The number of ether oxygens (including phenoxy) is 1. The normalized spacial score (nSPS) is 13.1. The number of aldehydes is 2. The Labute approximate surface area is 210 Å². The fourth-order valence-electron chi connectivity index (χ4n) is 3.39. The van der Waals surface area contributed by atoms with Gasteiger partial charge in [-0.3, -0.25) is 14.7 Å². The van der Waals surface area contributed by atoms with Gasteiger partial charge in [0.2, 0.25) is 0 Å². The molecule has 1 aromatic heterocycles. The van der Waals surface area contributed by atoms with Gasteiger partial charge in [0.15, 0.2) is 6.29 Å². The largest absolute Gasteiger partial charge is 0.507 e. The number of carbonyl (C=O) groups excluding carboxylic acids is 2. The molecule has 0 radical (unpaired) electrons. The average molecular weight is 504 g/mol. The number of rotatable bonds is 5. The summed E-state index contributed by atoms with van der Waals surface area (Å²) in [5.74, 6) is 0.247. The van der Waals surface area contributed by atoms with Crippen LogP contribution in [0, 0.1) is 5.82 Å². The Hall–Kier alpha value is -3.33. The molecule has 0 bridgehead atoms. The molecule has 4 rings (SSSR count). The second kappa shape index (κ2) is 16.3. The van der Waals surface area contributed by atoms with Gasteiger partial charge in [0.05, 0.1) is 19.2 Å². The number of nitrogens with two attached hydrogens (primary N) is 1. The average Bonchev–Trinajstić information content (AvgIpc) is 3.31. The second-order valence-electron chi connectivity index (χ2n) is 7.18. The molecule has 188 valence electrons. The van der Waals surface area contributed by atoms with E-state index >= 15 is 0 Å². The van der Waals surface area contributed by atoms with E-state index in [0.717, 1.165) is 23.8 Å². The Bertz CT molecular complexity index is 1030. The number of carbonyl (C=O) groups is 2. The first kappa shape index (κ1) is 29.7. The van der Waals surface area contributed by atoms with Crippen LogP contribution in [0.2, 0.25) is 5.02 Å². The number of benzene rings is 2. The van der Waals surface area contributed by atoms with E-state index in [-0.39, 0.29) is 23.2 Å². The van der Waals surface area contributed by atoms with Crippen LogP contribution >= 0.6 is 11.6 Å². The highest BCUT2D eigenvalue weighted by Crippen LogP contribution is 2.37. The third-order valence-electron chi connectivity index (χ3n) is 5.05. The molecular formula is C26H31ClFN3O4. The summed E-state index contributed by atoms with van der Waals surface area (Å²) in [6.07, 6.45) is 6.51. The molecule has 0 aliphatic heterocycles. The standard InChI is InChI=1S/C12H13ClFNO.C8H8O3.C5H5N.CH5N/c1-15(4-5-16)12-3-2-9-10(12)6-8(13)7-11(9)14;1-11-7-3-2-6(5-9)8(10)4-7;1-2-4-6-5-3-1;1-2/h5-7,12H,2-4H2,1H3;2-5,10H,1H3;1-5H;2H2,1H3. The van der Waals surface area contributed by atoms with Crippen molar-refractivity contribution in [2.75, 3.05) is 27.7 Å². The molecule has 3 N–H and O–H groups in total. The van der Waals surface area contributed by atoms with E-state index in [1.54, 1.807) is 24.5 Å². The number of pyridine rings is 1. The Morgan fingerprint density at radius 2 is 1.89 bits per heavy atom. The third-order valence-corrected chi connectivity index (χ3v) is 5.27. The lowest BCUT2D eigenvalue weighted by atomic mass is 10.1. The molecule has 1 aliphatic rings. The predicted octanol–water partition coefficient (Wildman–Crippen LogP) is 4.47. The summed E-state index contributed by atoms with van der Waals surface area (Å²) in [6, 6.07) is 13.5. The lowest BCUT2D eigenvalue weighted by Gasteiger charge is -2.22. The van der Waals surface area contributed by atoms with Gasteiger partial charge in [0.1, 0.15) is 23.6 Å². The topological polar surface area (TPSA) is 106 Å². The molecule has 3 aromatic rings. The van der Waals surface area contributed by atoms with Crippen LogP contribution in [0.25, 0.3) is 0 Å². The van der Waals surface area contributed by atoms with Gasteiger partial charge in [0.25, 0.3) is 0 Å². The van der Waals surface area contributed by atoms with Gasteiger partial charge in [-0.15, -0.1) is 0 Å². The van der Waals surface area contributed by atoms with Gasteiger partial charge in [0, 0.05) is 29.5 Å². The molecular weight excluding hydrogens is 473 g/mol. The van der Waals surface area contributed by atoms with Crippen molar-refractivity contribution in [1.82, 2.24) is 9.88 Å². The predicted molar refractivity (Wildman–Crippen MR) is 136 cm³/mol. The van der Waals surface area contributed by atoms with Gasteiger partial charge >= 0.3 is 0 Å². The van der Waals surface area contributed by atoms with E-state index in [2.05, 4.69) is 10.7 Å². The zero-order valence-corrected chi connectivity index (χ0v) is 20.8. The highest BCUT2D eigenvalue weighted by molar-refractivity contribution is 6.30. The maximum absolute atomic E-state index is 13.6. The lowest BCUT2D eigenvalue weighted by molar-refractivity contribution is -0.109. The van der Waals surface area contributed by atoms with Crippen molar-refractivity contribution in [2.45, 2.75) is 18.9 Å². The zero-order chi connectivity index (χ0) is 26.2. The Morgan fingerprint density at radius 3 is 2.37 bits per heavy atom. The van der Waals surface area contributed by atoms with E-state index in [0.29, 0.717) is 30.0 Å². The minimum atomic E-state index is -0.232. The molecule has 0 saturated carbocycles. The van der Waals surface area contributed by atoms with Crippen molar-refractivity contribution in [3.8, 4) is 11.5 Å². The number of likely N-dealkylation sites (N-methyl/N-ethyl adjacent to an activating group) is 1. The highest BCUT2D eigenvalue weighted by Gasteiger charge is 2.28. The van der Waals surface area contributed by atoms with E-state index in [9.17, 15) is 14.0 Å². The first-order chi connectivity index (χ1) is 16.9. The number of aromatic hydroxyl groups is 1. The van der Waals surface area contributed by atoms with Gasteiger partial charge in [-0.2, -0.15) is 0 Å². The van der Waals surface area contributed by atoms with E-state index in [1.807, 2.05) is 30.1 Å². The maximum atomic E-state index is 13.6. The minimum Gasteiger partial charge on any atom is -0.507 e. The van der Waals surface area contributed by atoms with Gasteiger partial charge in [-0.25, -0.2) is 4.39 Å². The van der Waals surface area contributed by atoms with E-state index in [4.69, 9.17) is 21.4 Å². The number of hydrogen-bond acceptors (Lipinski definition) is 7. The smallest absolute Gasteiger partial charge is 0.153 e. The third kappa shape index (κ3) is 9.44. The Morgan fingerprint density at radius 1 is 1.20 bits per heavy atom. The molecule has 0 saturated heterocycles. The van der Waals surface area contributed by atoms with Crippen LogP contribution in [0.3, 0.4) is 0 Å². The van der Waals surface area contributed by atoms with Gasteiger partial charge in [-0.1, -0.05) is 17.7 Å². The molecule has 1 heterocycles. The van der Waals surface area contributed by atoms with Crippen LogP contribution < -0.4 is 10.5 Å². The molecule has 0 amide bonds. The number of fused-ring (bicyclic) bond motifs is 1. The summed E-state index contributed by atoms with van der Waals surface area (Å²) in [7, 11) is 4.86. The van der Waals surface area contributed by atoms with Crippen LogP contribution in [0.15, 0.2) is 60.9 Å². The number of nitrogens with zero attached hydrogens (tertiary/aromatic N) is 2. The summed E-state index contributed by atoms with van der Waals surface area (Å²) in [4.78, 5) is 26.4. The molecule has 1 atom stereocenters. The van der Waals surface area contributed by atoms with Crippen LogP contribution in [-0.2, 0) is 11.2 Å². The minimum absolute atomic E-state index is 0.0562. The SMILES string of the molecule is CN.CN(CC=O)C1CCc2c(F)cc(Cl)cc21.COc1ccc(C=O)c(O)c1.c1ccncc1. The maximum Gasteiger partial charge on any atom is 0.153 e. The van der Waals surface area contributed by atoms with Crippen molar-refractivity contribution in [1.29, 1.82) is 0 Å². The van der Waals surface area contributed by atoms with Crippen molar-refractivity contribution >= 4 is 24.2 Å². The number of aromatic nitrogens is 1. The zero-order valence-electron chi connectivity index (χ0n) is 20.0. The fraction of sp³-hybridized carbons (Fsp3) is 0.269. The molecule has 7 nitrogen and oxygen atoms in total. The number of hydrogen-bond donors (Lipinski definition) is 2.